The lowest BCUT2D eigenvalue weighted by atomic mass is 10.2. The number of carbonyl (C=O) groups excluding carboxylic acids is 1. The first-order chi connectivity index (χ1) is 13.9. The summed E-state index contributed by atoms with van der Waals surface area (Å²) >= 11 is 6.03. The molecule has 2 aromatic rings. The Hall–Kier alpha value is -2.31. The van der Waals surface area contributed by atoms with Gasteiger partial charge in [0.1, 0.15) is 0 Å². The molecule has 0 saturated heterocycles. The Morgan fingerprint density at radius 1 is 1.07 bits per heavy atom. The van der Waals surface area contributed by atoms with E-state index in [1.54, 1.807) is 48.6 Å². The average Bonchev–Trinajstić information content (AvgIpc) is 3.60. The van der Waals surface area contributed by atoms with E-state index in [4.69, 9.17) is 11.6 Å². The van der Waals surface area contributed by atoms with Gasteiger partial charge in [-0.2, -0.15) is 0 Å². The van der Waals surface area contributed by atoms with E-state index < -0.39 is 10.0 Å². The number of para-hydroxylation sites is 1. The molecule has 2 saturated carbocycles. The van der Waals surface area contributed by atoms with Crippen LogP contribution in [0.5, 0.6) is 0 Å². The molecule has 1 amide bonds. The van der Waals surface area contributed by atoms with Crippen LogP contribution in [0, 0.1) is 5.92 Å². The first-order valence-electron chi connectivity index (χ1n) is 9.78. The summed E-state index contributed by atoms with van der Waals surface area (Å²) in [7, 11) is -3.74. The second-order valence-corrected chi connectivity index (χ2v) is 9.74. The van der Waals surface area contributed by atoms with Crippen LogP contribution in [-0.4, -0.2) is 31.8 Å². The number of hydrogen-bond acceptors (Lipinski definition) is 3. The Bertz CT molecular complexity index is 1030. The number of anilines is 1. The van der Waals surface area contributed by atoms with E-state index in [-0.39, 0.29) is 10.8 Å². The third-order valence-electron chi connectivity index (χ3n) is 5.15. The van der Waals surface area contributed by atoms with Crippen LogP contribution in [0.3, 0.4) is 0 Å². The Kier molecular flexibility index (Phi) is 5.65. The van der Waals surface area contributed by atoms with E-state index in [1.165, 1.54) is 25.0 Å². The van der Waals surface area contributed by atoms with E-state index in [1.807, 2.05) is 4.90 Å². The highest BCUT2D eigenvalue weighted by Crippen LogP contribution is 2.35. The van der Waals surface area contributed by atoms with Crippen LogP contribution in [0.15, 0.2) is 59.5 Å². The van der Waals surface area contributed by atoms with Crippen LogP contribution in [0.2, 0.25) is 5.02 Å². The molecule has 152 valence electrons. The van der Waals surface area contributed by atoms with Gasteiger partial charge in [-0.15, -0.1) is 0 Å². The molecular weight excluding hydrogens is 408 g/mol. The van der Waals surface area contributed by atoms with Crippen molar-refractivity contribution in [2.24, 2.45) is 5.92 Å². The molecule has 0 aromatic heterocycles. The zero-order chi connectivity index (χ0) is 20.4. The van der Waals surface area contributed by atoms with Crippen LogP contribution in [0.1, 0.15) is 31.2 Å². The molecule has 2 aliphatic rings. The zero-order valence-electron chi connectivity index (χ0n) is 15.9. The van der Waals surface area contributed by atoms with Crippen molar-refractivity contribution in [2.45, 2.75) is 36.6 Å². The van der Waals surface area contributed by atoms with E-state index in [9.17, 15) is 13.2 Å². The fourth-order valence-electron chi connectivity index (χ4n) is 3.15. The number of hydrogen-bond donors (Lipinski definition) is 1. The maximum atomic E-state index is 12.6. The minimum Gasteiger partial charge on any atom is -0.336 e. The fourth-order valence-corrected chi connectivity index (χ4v) is 4.47. The SMILES string of the molecule is O=C(/C=C/c1ccc(S(=O)(=O)Nc2ccccc2Cl)cc1)N(CC1CC1)C1CC1. The van der Waals surface area contributed by atoms with Crippen molar-refractivity contribution in [3.05, 3.63) is 65.2 Å². The van der Waals surface area contributed by atoms with Crippen LogP contribution < -0.4 is 4.72 Å². The minimum absolute atomic E-state index is 0.0384. The number of halogens is 1. The number of nitrogens with one attached hydrogen (secondary N) is 1. The van der Waals surface area contributed by atoms with Crippen molar-refractivity contribution < 1.29 is 13.2 Å². The van der Waals surface area contributed by atoms with Gasteiger partial charge >= 0.3 is 0 Å². The molecule has 2 aliphatic carbocycles. The monoisotopic (exact) mass is 430 g/mol. The average molecular weight is 431 g/mol. The summed E-state index contributed by atoms with van der Waals surface area (Å²) in [6, 6.07) is 13.5. The van der Waals surface area contributed by atoms with Gasteiger partial charge in [-0.3, -0.25) is 9.52 Å². The van der Waals surface area contributed by atoms with Crippen LogP contribution >= 0.6 is 11.6 Å². The summed E-state index contributed by atoms with van der Waals surface area (Å²) < 4.78 is 27.6. The summed E-state index contributed by atoms with van der Waals surface area (Å²) in [6.45, 7) is 0.860. The molecule has 0 unspecified atom stereocenters. The van der Waals surface area contributed by atoms with Crippen molar-refractivity contribution in [3.8, 4) is 0 Å². The molecule has 29 heavy (non-hydrogen) atoms. The van der Waals surface area contributed by atoms with Gasteiger partial charge in [0.05, 0.1) is 15.6 Å². The fraction of sp³-hybridized carbons (Fsp3) is 0.318. The number of benzene rings is 2. The number of rotatable bonds is 8. The van der Waals surface area contributed by atoms with Gasteiger partial charge in [0.25, 0.3) is 10.0 Å². The lowest BCUT2D eigenvalue weighted by Gasteiger charge is -2.20. The minimum atomic E-state index is -3.74. The summed E-state index contributed by atoms with van der Waals surface area (Å²) in [5.41, 5.74) is 1.11. The molecule has 7 heteroatoms. The molecule has 0 bridgehead atoms. The lowest BCUT2D eigenvalue weighted by molar-refractivity contribution is -0.126. The highest BCUT2D eigenvalue weighted by atomic mass is 35.5. The zero-order valence-corrected chi connectivity index (χ0v) is 17.5. The number of nitrogens with zero attached hydrogens (tertiary/aromatic N) is 1. The molecule has 0 aliphatic heterocycles. The standard InChI is InChI=1S/C22H23ClN2O3S/c23-20-3-1-2-4-21(20)24-29(27,28)19-12-7-16(8-13-19)9-14-22(26)25(18-10-11-18)15-17-5-6-17/h1-4,7-9,12-14,17-18,24H,5-6,10-11,15H2/b14-9+. The number of amides is 1. The Morgan fingerprint density at radius 3 is 2.38 bits per heavy atom. The Balaban J connectivity index is 1.42. The van der Waals surface area contributed by atoms with Crippen LogP contribution in [0.25, 0.3) is 6.08 Å². The quantitative estimate of drug-likeness (QED) is 0.624. The molecule has 0 heterocycles. The van der Waals surface area contributed by atoms with E-state index in [2.05, 4.69) is 4.72 Å². The van der Waals surface area contributed by atoms with Gasteiger partial charge in [0.15, 0.2) is 0 Å². The van der Waals surface area contributed by atoms with Gasteiger partial charge in [0.2, 0.25) is 5.91 Å². The van der Waals surface area contributed by atoms with Crippen molar-refractivity contribution >= 4 is 39.3 Å². The molecule has 5 nitrogen and oxygen atoms in total. The molecule has 2 aromatic carbocycles. The van der Waals surface area contributed by atoms with Crippen molar-refractivity contribution in [3.63, 3.8) is 0 Å². The second-order valence-electron chi connectivity index (χ2n) is 7.65. The predicted molar refractivity (Wildman–Crippen MR) is 115 cm³/mol. The highest BCUT2D eigenvalue weighted by molar-refractivity contribution is 7.92. The number of sulfonamides is 1. The molecule has 0 spiro atoms. The normalized spacial score (nSPS) is 16.7. The van der Waals surface area contributed by atoms with Gasteiger partial charge < -0.3 is 4.90 Å². The second kappa shape index (κ2) is 8.20. The highest BCUT2D eigenvalue weighted by Gasteiger charge is 2.35. The van der Waals surface area contributed by atoms with E-state index in [0.29, 0.717) is 22.7 Å². The van der Waals surface area contributed by atoms with Gasteiger partial charge in [-0.05, 0) is 67.5 Å². The van der Waals surface area contributed by atoms with Gasteiger partial charge in [-0.1, -0.05) is 35.9 Å². The number of carbonyl (C=O) groups is 1. The summed E-state index contributed by atoms with van der Waals surface area (Å²) in [5.74, 6) is 0.708. The Morgan fingerprint density at radius 2 is 1.76 bits per heavy atom. The van der Waals surface area contributed by atoms with Gasteiger partial charge in [0, 0.05) is 18.7 Å². The molecule has 4 rings (SSSR count). The largest absolute Gasteiger partial charge is 0.336 e. The predicted octanol–water partition coefficient (Wildman–Crippen LogP) is 4.56. The smallest absolute Gasteiger partial charge is 0.261 e. The van der Waals surface area contributed by atoms with E-state index >= 15 is 0 Å². The first kappa shape index (κ1) is 20.0. The molecular formula is C22H23ClN2O3S. The summed E-state index contributed by atoms with van der Waals surface area (Å²) in [6.07, 6.45) is 7.96. The van der Waals surface area contributed by atoms with Gasteiger partial charge in [-0.25, -0.2) is 8.42 Å². The van der Waals surface area contributed by atoms with Crippen LogP contribution in [-0.2, 0) is 14.8 Å². The third-order valence-corrected chi connectivity index (χ3v) is 6.86. The maximum Gasteiger partial charge on any atom is 0.261 e. The molecule has 0 atom stereocenters. The molecule has 0 radical (unpaired) electrons. The Labute approximate surface area is 176 Å². The summed E-state index contributed by atoms with van der Waals surface area (Å²) in [4.78, 5) is 14.7. The van der Waals surface area contributed by atoms with Crippen molar-refractivity contribution in [1.82, 2.24) is 4.90 Å². The third kappa shape index (κ3) is 5.19. The van der Waals surface area contributed by atoms with Crippen molar-refractivity contribution in [1.29, 1.82) is 0 Å². The summed E-state index contributed by atoms with van der Waals surface area (Å²) in [5, 5.41) is 0.334. The van der Waals surface area contributed by atoms with Crippen molar-refractivity contribution in [2.75, 3.05) is 11.3 Å². The van der Waals surface area contributed by atoms with E-state index in [0.717, 1.165) is 24.9 Å². The first-order valence-corrected chi connectivity index (χ1v) is 11.6. The van der Waals surface area contributed by atoms with Crippen LogP contribution in [0.4, 0.5) is 5.69 Å². The molecule has 1 N–H and O–H groups in total. The molecule has 2 fully saturated rings. The lowest BCUT2D eigenvalue weighted by Crippen LogP contribution is -2.33. The topological polar surface area (TPSA) is 66.5 Å². The maximum absolute atomic E-state index is 12.6.